The Labute approximate surface area is 632 Å². The minimum atomic E-state index is -4.96. The average molecular weight is 1510 g/mol. The number of hydrogen-bond donors (Lipinski definition) is 3. The van der Waals surface area contributed by atoms with Crippen molar-refractivity contribution in [1.82, 2.24) is 0 Å². The maximum absolute atomic E-state index is 13.1. The molecule has 0 heterocycles. The second-order valence-corrected chi connectivity index (χ2v) is 33.4. The summed E-state index contributed by atoms with van der Waals surface area (Å²) in [5.41, 5.74) is 0. The van der Waals surface area contributed by atoms with Crippen molar-refractivity contribution in [1.29, 1.82) is 0 Å². The van der Waals surface area contributed by atoms with Gasteiger partial charge in [-0.25, -0.2) is 9.13 Å². The van der Waals surface area contributed by atoms with Gasteiger partial charge in [0, 0.05) is 25.7 Å². The van der Waals surface area contributed by atoms with Gasteiger partial charge in [-0.1, -0.05) is 401 Å². The number of aliphatic hydroxyl groups excluding tert-OH is 1. The van der Waals surface area contributed by atoms with E-state index < -0.39 is 97.5 Å². The summed E-state index contributed by atoms with van der Waals surface area (Å²) in [7, 11) is -9.92. The monoisotopic (exact) mass is 1510 g/mol. The van der Waals surface area contributed by atoms with E-state index >= 15 is 0 Å². The molecule has 6 atom stereocenters. The number of ether oxygens (including phenoxy) is 4. The normalized spacial score (nSPS) is 14.1. The molecule has 0 spiro atoms. The first-order valence-corrected chi connectivity index (χ1v) is 46.7. The molecule has 103 heavy (non-hydrogen) atoms. The average Bonchev–Trinajstić information content (AvgIpc) is 0.943. The lowest BCUT2D eigenvalue weighted by molar-refractivity contribution is -0.161. The summed E-state index contributed by atoms with van der Waals surface area (Å²) >= 11 is 0. The predicted octanol–water partition coefficient (Wildman–Crippen LogP) is 25.6. The van der Waals surface area contributed by atoms with Gasteiger partial charge >= 0.3 is 39.5 Å². The van der Waals surface area contributed by atoms with E-state index in [1.165, 1.54) is 276 Å². The molecule has 3 unspecified atom stereocenters. The summed E-state index contributed by atoms with van der Waals surface area (Å²) in [6, 6.07) is 0. The van der Waals surface area contributed by atoms with Crippen LogP contribution in [0.2, 0.25) is 0 Å². The molecule has 0 bridgehead atoms. The molecule has 612 valence electrons. The second kappa shape index (κ2) is 76.8. The summed E-state index contributed by atoms with van der Waals surface area (Å²) in [4.78, 5) is 73.2. The van der Waals surface area contributed by atoms with Gasteiger partial charge in [-0.3, -0.25) is 37.3 Å². The molecule has 0 saturated carbocycles. The van der Waals surface area contributed by atoms with E-state index in [1.807, 2.05) is 0 Å². The van der Waals surface area contributed by atoms with Crippen LogP contribution in [0.25, 0.3) is 0 Å². The van der Waals surface area contributed by atoms with E-state index in [2.05, 4.69) is 34.6 Å². The Bertz CT molecular complexity index is 1960. The molecule has 0 aliphatic rings. The van der Waals surface area contributed by atoms with Gasteiger partial charge in [-0.05, 0) is 31.6 Å². The number of esters is 4. The molecular formula is C84H164O17P2. The van der Waals surface area contributed by atoms with Gasteiger partial charge in [0.05, 0.1) is 26.4 Å². The van der Waals surface area contributed by atoms with E-state index in [-0.39, 0.29) is 25.7 Å². The van der Waals surface area contributed by atoms with Crippen molar-refractivity contribution < 1.29 is 80.2 Å². The SMILES string of the molecule is CCCCCCCCCCCCCCCCCCCCCCCC(=O)O[C@H](COC(=O)CCCCCCCCCCCCCCCCCC)COP(=O)(O)OC[C@@H](O)COP(=O)(O)OC[C@@H](COC(=O)CCCCCCCCCCC(C)CC)OC(=O)CCCCCCCCCCCCCCCC. The molecule has 3 N–H and O–H groups in total. The highest BCUT2D eigenvalue weighted by Crippen LogP contribution is 2.45. The molecule has 0 aromatic heterocycles. The molecule has 0 radical (unpaired) electrons. The van der Waals surface area contributed by atoms with Crippen molar-refractivity contribution in [3.8, 4) is 0 Å². The first kappa shape index (κ1) is 101. The molecule has 19 heteroatoms. The van der Waals surface area contributed by atoms with Crippen LogP contribution in [-0.2, 0) is 65.4 Å². The van der Waals surface area contributed by atoms with Gasteiger partial charge in [-0.2, -0.15) is 0 Å². The molecule has 0 amide bonds. The largest absolute Gasteiger partial charge is 0.472 e. The molecule has 17 nitrogen and oxygen atoms in total. The molecule has 0 saturated heterocycles. The van der Waals surface area contributed by atoms with Crippen LogP contribution in [-0.4, -0.2) is 96.7 Å². The fraction of sp³-hybridized carbons (Fsp3) is 0.952. The summed E-state index contributed by atoms with van der Waals surface area (Å²) < 4.78 is 68.8. The van der Waals surface area contributed by atoms with Crippen LogP contribution in [0.1, 0.15) is 452 Å². The fourth-order valence-electron chi connectivity index (χ4n) is 13.1. The van der Waals surface area contributed by atoms with Gasteiger partial charge in [-0.15, -0.1) is 0 Å². The fourth-order valence-corrected chi connectivity index (χ4v) is 14.7. The standard InChI is InChI=1S/C84H164O17P2/c1-6-10-13-16-19-22-25-28-31-33-34-35-36-37-39-42-45-48-55-60-65-70-84(89)100-79(73-94-81(86)67-62-57-52-46-43-41-38-32-29-26-23-20-17-14-11-7-2)75-98-102(90,91)96-71-78(85)72-97-103(92,93)99-76-80(74-95-82(87)68-63-58-53-50-49-51-56-61-66-77(5)9-4)101-83(88)69-64-59-54-47-44-40-30-27-24-21-18-15-12-8-3/h77-80,85H,6-76H2,1-5H3,(H,90,91)(H,92,93)/t77?,78-,79-,80-/m1/s1. The highest BCUT2D eigenvalue weighted by atomic mass is 31.2. The summed E-state index contributed by atoms with van der Waals surface area (Å²) in [6.07, 6.45) is 69.3. The second-order valence-electron chi connectivity index (χ2n) is 30.5. The van der Waals surface area contributed by atoms with E-state index in [1.54, 1.807) is 0 Å². The van der Waals surface area contributed by atoms with Crippen LogP contribution in [0, 0.1) is 5.92 Å². The van der Waals surface area contributed by atoms with Gasteiger partial charge in [0.1, 0.15) is 19.3 Å². The number of unbranched alkanes of at least 4 members (excludes halogenated alkanes) is 55. The topological polar surface area (TPSA) is 237 Å². The first-order valence-electron chi connectivity index (χ1n) is 43.7. The third-order valence-electron chi connectivity index (χ3n) is 20.1. The van der Waals surface area contributed by atoms with Crippen molar-refractivity contribution in [3.63, 3.8) is 0 Å². The molecule has 0 aliphatic carbocycles. The first-order chi connectivity index (χ1) is 50.1. The molecule has 0 aliphatic heterocycles. The number of hydrogen-bond acceptors (Lipinski definition) is 15. The third-order valence-corrected chi connectivity index (χ3v) is 22.0. The minimum absolute atomic E-state index is 0.108. The third kappa shape index (κ3) is 76.6. The van der Waals surface area contributed by atoms with Crippen LogP contribution < -0.4 is 0 Å². The summed E-state index contributed by atoms with van der Waals surface area (Å²) in [5.74, 6) is -1.32. The molecule has 0 rings (SSSR count). The van der Waals surface area contributed by atoms with Gasteiger partial charge in [0.15, 0.2) is 12.2 Å². The maximum Gasteiger partial charge on any atom is 0.472 e. The van der Waals surface area contributed by atoms with Gasteiger partial charge in [0.2, 0.25) is 0 Å². The number of carbonyl (C=O) groups is 4. The lowest BCUT2D eigenvalue weighted by Crippen LogP contribution is -2.30. The zero-order valence-electron chi connectivity index (χ0n) is 67.5. The lowest BCUT2D eigenvalue weighted by atomic mass is 9.99. The van der Waals surface area contributed by atoms with Crippen LogP contribution in [0.4, 0.5) is 0 Å². The highest BCUT2D eigenvalue weighted by molar-refractivity contribution is 7.47. The number of rotatable bonds is 84. The molecule has 0 fully saturated rings. The van der Waals surface area contributed by atoms with E-state index in [4.69, 9.17) is 37.0 Å². The number of phosphoric ester groups is 2. The molecule has 0 aromatic rings. The van der Waals surface area contributed by atoms with E-state index in [9.17, 15) is 43.2 Å². The summed E-state index contributed by atoms with van der Waals surface area (Å²) in [6.45, 7) is 7.36. The lowest BCUT2D eigenvalue weighted by Gasteiger charge is -2.21. The summed E-state index contributed by atoms with van der Waals surface area (Å²) in [5, 5.41) is 10.7. The minimum Gasteiger partial charge on any atom is -0.462 e. The smallest absolute Gasteiger partial charge is 0.462 e. The van der Waals surface area contributed by atoms with Crippen molar-refractivity contribution in [2.45, 2.75) is 470 Å². The Morgan fingerprint density at radius 2 is 0.466 bits per heavy atom. The number of aliphatic hydroxyl groups is 1. The Morgan fingerprint density at radius 3 is 0.689 bits per heavy atom. The van der Waals surface area contributed by atoms with Crippen LogP contribution in [0.3, 0.4) is 0 Å². The maximum atomic E-state index is 13.1. The van der Waals surface area contributed by atoms with Crippen LogP contribution in [0.5, 0.6) is 0 Å². The van der Waals surface area contributed by atoms with Crippen molar-refractivity contribution in [3.05, 3.63) is 0 Å². The Hall–Kier alpha value is -1.94. The highest BCUT2D eigenvalue weighted by Gasteiger charge is 2.30. The zero-order valence-corrected chi connectivity index (χ0v) is 69.3. The number of phosphoric acid groups is 2. The Morgan fingerprint density at radius 1 is 0.272 bits per heavy atom. The van der Waals surface area contributed by atoms with Crippen LogP contribution in [0.15, 0.2) is 0 Å². The van der Waals surface area contributed by atoms with Crippen molar-refractivity contribution in [2.75, 3.05) is 39.6 Å². The van der Waals surface area contributed by atoms with E-state index in [0.717, 1.165) is 95.8 Å². The van der Waals surface area contributed by atoms with E-state index in [0.29, 0.717) is 25.7 Å². The van der Waals surface area contributed by atoms with Gasteiger partial charge < -0.3 is 33.8 Å². The van der Waals surface area contributed by atoms with Gasteiger partial charge in [0.25, 0.3) is 0 Å². The Balaban J connectivity index is 5.24. The number of carbonyl (C=O) groups excluding carboxylic acids is 4. The molecular weight excluding hydrogens is 1340 g/mol. The zero-order chi connectivity index (χ0) is 75.5. The predicted molar refractivity (Wildman–Crippen MR) is 423 cm³/mol. The Kier molecular flexibility index (Phi) is 75.4. The quantitative estimate of drug-likeness (QED) is 0.0222. The molecule has 0 aromatic carbocycles. The van der Waals surface area contributed by atoms with Crippen molar-refractivity contribution in [2.24, 2.45) is 5.92 Å². The van der Waals surface area contributed by atoms with Crippen molar-refractivity contribution >= 4 is 39.5 Å². The van der Waals surface area contributed by atoms with Crippen LogP contribution >= 0.6 is 15.6 Å².